The molecule has 11 heteroatoms. The molecule has 2 rings (SSSR count). The van der Waals surface area contributed by atoms with Crippen molar-refractivity contribution in [2.24, 2.45) is 0 Å². The Morgan fingerprint density at radius 2 is 1.86 bits per heavy atom. The van der Waals surface area contributed by atoms with Crippen molar-refractivity contribution in [2.45, 2.75) is 13.0 Å². The van der Waals surface area contributed by atoms with Crippen LogP contribution in [0, 0.1) is 10.1 Å². The van der Waals surface area contributed by atoms with Crippen LogP contribution in [0.4, 0.5) is 17.1 Å². The lowest BCUT2D eigenvalue weighted by Gasteiger charge is -2.28. The first-order valence-electron chi connectivity index (χ1n) is 7.93. The molecule has 9 nitrogen and oxygen atoms in total. The number of hydrogen-bond donors (Lipinski definition) is 1. The number of nitrogens with zero attached hydrogens (tertiary/aromatic N) is 2. The second-order valence-corrected chi connectivity index (χ2v) is 8.14. The van der Waals surface area contributed by atoms with Crippen molar-refractivity contribution in [3.63, 3.8) is 0 Å². The fourth-order valence-electron chi connectivity index (χ4n) is 2.54. The van der Waals surface area contributed by atoms with Gasteiger partial charge in [-0.15, -0.1) is 0 Å². The molecular formula is C17H18ClN3O6S. The van der Waals surface area contributed by atoms with Crippen molar-refractivity contribution in [3.05, 3.63) is 57.6 Å². The summed E-state index contributed by atoms with van der Waals surface area (Å²) in [6.07, 6.45) is 0.972. The molecule has 0 aliphatic heterocycles. The summed E-state index contributed by atoms with van der Waals surface area (Å²) in [6.45, 7) is 1.40. The summed E-state index contributed by atoms with van der Waals surface area (Å²) in [5.41, 5.74) is 0.0556. The first-order chi connectivity index (χ1) is 13.0. The zero-order chi connectivity index (χ0) is 21.1. The van der Waals surface area contributed by atoms with E-state index in [9.17, 15) is 23.3 Å². The number of nitro groups is 1. The number of nitro benzene ring substituents is 1. The highest BCUT2D eigenvalue weighted by Gasteiger charge is 2.30. The summed E-state index contributed by atoms with van der Waals surface area (Å²) < 4.78 is 30.6. The third kappa shape index (κ3) is 4.90. The molecule has 1 amide bonds. The van der Waals surface area contributed by atoms with Gasteiger partial charge in [0.2, 0.25) is 15.9 Å². The van der Waals surface area contributed by atoms with Gasteiger partial charge >= 0.3 is 0 Å². The van der Waals surface area contributed by atoms with Crippen LogP contribution < -0.4 is 14.4 Å². The average Bonchev–Trinajstić information content (AvgIpc) is 2.62. The van der Waals surface area contributed by atoms with Crippen LogP contribution in [0.1, 0.15) is 6.92 Å². The van der Waals surface area contributed by atoms with Crippen LogP contribution in [-0.2, 0) is 14.8 Å². The molecule has 0 bridgehead atoms. The number of sulfonamides is 1. The van der Waals surface area contributed by atoms with E-state index in [1.807, 2.05) is 0 Å². The summed E-state index contributed by atoms with van der Waals surface area (Å²) in [5, 5.41) is 13.9. The Morgan fingerprint density at radius 1 is 1.25 bits per heavy atom. The highest BCUT2D eigenvalue weighted by Crippen LogP contribution is 2.30. The van der Waals surface area contributed by atoms with E-state index in [1.165, 1.54) is 50.4 Å². The van der Waals surface area contributed by atoms with E-state index >= 15 is 0 Å². The minimum Gasteiger partial charge on any atom is -0.495 e. The number of non-ortho nitro benzene ring substituents is 1. The number of halogens is 1. The Labute approximate surface area is 167 Å². The molecule has 1 N–H and O–H groups in total. The van der Waals surface area contributed by atoms with Crippen LogP contribution in [0.5, 0.6) is 5.75 Å². The highest BCUT2D eigenvalue weighted by molar-refractivity contribution is 7.92. The Morgan fingerprint density at radius 3 is 2.36 bits per heavy atom. The molecule has 0 radical (unpaired) electrons. The molecular weight excluding hydrogens is 410 g/mol. The molecule has 2 aromatic carbocycles. The normalized spacial score (nSPS) is 12.1. The van der Waals surface area contributed by atoms with E-state index in [1.54, 1.807) is 0 Å². The Balaban J connectivity index is 2.37. The van der Waals surface area contributed by atoms with Gasteiger partial charge < -0.3 is 10.1 Å². The maximum Gasteiger partial charge on any atom is 0.271 e. The van der Waals surface area contributed by atoms with Crippen molar-refractivity contribution >= 4 is 44.6 Å². The third-order valence-corrected chi connectivity index (χ3v) is 5.31. The predicted molar refractivity (Wildman–Crippen MR) is 107 cm³/mol. The number of nitrogens with one attached hydrogen (secondary N) is 1. The maximum atomic E-state index is 12.7. The molecule has 0 saturated heterocycles. The average molecular weight is 428 g/mol. The molecule has 0 aliphatic carbocycles. The van der Waals surface area contributed by atoms with Gasteiger partial charge in [-0.05, 0) is 37.3 Å². The SMILES string of the molecule is COc1ccc([N+](=O)[O-])cc1NC(=O)C(C)N(c1ccc(Cl)cc1)S(C)(=O)=O. The van der Waals surface area contributed by atoms with Crippen molar-refractivity contribution in [3.8, 4) is 5.75 Å². The second-order valence-electron chi connectivity index (χ2n) is 5.84. The van der Waals surface area contributed by atoms with Gasteiger partial charge in [0.25, 0.3) is 5.69 Å². The van der Waals surface area contributed by atoms with E-state index in [2.05, 4.69) is 5.32 Å². The van der Waals surface area contributed by atoms with Gasteiger partial charge in [-0.3, -0.25) is 19.2 Å². The smallest absolute Gasteiger partial charge is 0.271 e. The van der Waals surface area contributed by atoms with Crippen LogP contribution in [0.15, 0.2) is 42.5 Å². The highest BCUT2D eigenvalue weighted by atomic mass is 35.5. The molecule has 0 heterocycles. The van der Waals surface area contributed by atoms with E-state index in [0.29, 0.717) is 5.02 Å². The minimum atomic E-state index is -3.81. The standard InChI is InChI=1S/C17H18ClN3O6S/c1-11(20(28(3,25)26)13-6-4-12(18)5-7-13)17(22)19-15-10-14(21(23)24)8-9-16(15)27-2/h4-11H,1-3H3,(H,19,22). The lowest BCUT2D eigenvalue weighted by Crippen LogP contribution is -2.45. The van der Waals surface area contributed by atoms with Gasteiger partial charge in [0.05, 0.1) is 29.7 Å². The second kappa shape index (κ2) is 8.44. The number of carbonyl (C=O) groups is 1. The van der Waals surface area contributed by atoms with E-state index < -0.39 is 26.9 Å². The van der Waals surface area contributed by atoms with Gasteiger partial charge in [0.15, 0.2) is 0 Å². The number of ether oxygens (including phenoxy) is 1. The molecule has 0 aliphatic rings. The number of amides is 1. The van der Waals surface area contributed by atoms with Crippen LogP contribution in [0.3, 0.4) is 0 Å². The van der Waals surface area contributed by atoms with E-state index in [-0.39, 0.29) is 22.8 Å². The molecule has 0 aromatic heterocycles. The molecule has 0 saturated carbocycles. The van der Waals surface area contributed by atoms with Crippen molar-refractivity contribution in [2.75, 3.05) is 23.0 Å². The van der Waals surface area contributed by atoms with Crippen LogP contribution in [0.25, 0.3) is 0 Å². The van der Waals surface area contributed by atoms with Crippen LogP contribution in [0.2, 0.25) is 5.02 Å². The quantitative estimate of drug-likeness (QED) is 0.535. The summed E-state index contributed by atoms with van der Waals surface area (Å²) in [7, 11) is -2.47. The Hall–Kier alpha value is -2.85. The van der Waals surface area contributed by atoms with Crippen LogP contribution in [-0.4, -0.2) is 38.7 Å². The fraction of sp³-hybridized carbons (Fsp3) is 0.235. The van der Waals surface area contributed by atoms with Gasteiger partial charge in [0, 0.05) is 17.2 Å². The monoisotopic (exact) mass is 427 g/mol. The number of carbonyl (C=O) groups excluding carboxylic acids is 1. The summed E-state index contributed by atoms with van der Waals surface area (Å²) in [4.78, 5) is 23.1. The number of rotatable bonds is 7. The lowest BCUT2D eigenvalue weighted by atomic mass is 10.2. The largest absolute Gasteiger partial charge is 0.495 e. The Kier molecular flexibility index (Phi) is 6.47. The lowest BCUT2D eigenvalue weighted by molar-refractivity contribution is -0.384. The third-order valence-electron chi connectivity index (χ3n) is 3.82. The predicted octanol–water partition coefficient (Wildman–Crippen LogP) is 3.05. The molecule has 1 unspecified atom stereocenters. The van der Waals surface area contributed by atoms with E-state index in [4.69, 9.17) is 16.3 Å². The van der Waals surface area contributed by atoms with Crippen molar-refractivity contribution in [1.29, 1.82) is 0 Å². The summed E-state index contributed by atoms with van der Waals surface area (Å²) >= 11 is 5.84. The Bertz CT molecular complexity index is 994. The van der Waals surface area contributed by atoms with Gasteiger partial charge in [0.1, 0.15) is 11.8 Å². The summed E-state index contributed by atoms with van der Waals surface area (Å²) in [6, 6.07) is 8.51. The molecule has 2 aromatic rings. The molecule has 150 valence electrons. The van der Waals surface area contributed by atoms with Gasteiger partial charge in [-0.1, -0.05) is 11.6 Å². The number of benzene rings is 2. The number of anilines is 2. The zero-order valence-electron chi connectivity index (χ0n) is 15.2. The molecule has 0 spiro atoms. The van der Waals surface area contributed by atoms with Crippen molar-refractivity contribution in [1.82, 2.24) is 0 Å². The minimum absolute atomic E-state index is 0.0538. The van der Waals surface area contributed by atoms with Gasteiger partial charge in [-0.2, -0.15) is 0 Å². The van der Waals surface area contributed by atoms with Gasteiger partial charge in [-0.25, -0.2) is 8.42 Å². The zero-order valence-corrected chi connectivity index (χ0v) is 16.8. The number of hydrogen-bond acceptors (Lipinski definition) is 6. The molecule has 0 fully saturated rings. The summed E-state index contributed by atoms with van der Waals surface area (Å²) in [5.74, 6) is -0.497. The van der Waals surface area contributed by atoms with Crippen molar-refractivity contribution < 1.29 is 22.9 Å². The first-order valence-corrected chi connectivity index (χ1v) is 10.2. The fourth-order valence-corrected chi connectivity index (χ4v) is 3.84. The van der Waals surface area contributed by atoms with Crippen LogP contribution >= 0.6 is 11.6 Å². The molecule has 28 heavy (non-hydrogen) atoms. The topological polar surface area (TPSA) is 119 Å². The molecule has 1 atom stereocenters. The first kappa shape index (κ1) is 21.5. The van der Waals surface area contributed by atoms with E-state index in [0.717, 1.165) is 16.6 Å². The maximum absolute atomic E-state index is 12.7. The number of methoxy groups -OCH3 is 1.